The SMILES string of the molecule is CC(C)(CCC(=O)OCC(C)([N+](=O)[O-])[N+](=O)[O-])[N+](=O)[O-]. The highest BCUT2D eigenvalue weighted by molar-refractivity contribution is 5.69. The molecule has 0 aliphatic carbocycles. The molecule has 0 aliphatic heterocycles. The molecule has 0 heterocycles. The first-order chi connectivity index (χ1) is 8.93. The third-order valence-electron chi connectivity index (χ3n) is 2.73. The summed E-state index contributed by atoms with van der Waals surface area (Å²) in [6.07, 6.45) is -0.508. The predicted molar refractivity (Wildman–Crippen MR) is 63.7 cm³/mol. The molecular weight excluding hydrogens is 278 g/mol. The van der Waals surface area contributed by atoms with Gasteiger partial charge in [0, 0.05) is 25.2 Å². The van der Waals surface area contributed by atoms with Gasteiger partial charge in [0.2, 0.25) is 12.1 Å². The first-order valence-electron chi connectivity index (χ1n) is 5.52. The highest BCUT2D eigenvalue weighted by Gasteiger charge is 2.52. The summed E-state index contributed by atoms with van der Waals surface area (Å²) in [5.74, 6) is -0.963. The van der Waals surface area contributed by atoms with Gasteiger partial charge in [0.25, 0.3) is 0 Å². The molecule has 0 spiro atoms. The zero-order valence-corrected chi connectivity index (χ0v) is 11.2. The van der Waals surface area contributed by atoms with Gasteiger partial charge in [0.15, 0.2) is 0 Å². The van der Waals surface area contributed by atoms with Gasteiger partial charge >= 0.3 is 11.6 Å². The molecule has 0 unspecified atom stereocenters. The number of hydrogen-bond donors (Lipinski definition) is 0. The Balaban J connectivity index is 4.47. The molecule has 11 heteroatoms. The van der Waals surface area contributed by atoms with Gasteiger partial charge in [-0.15, -0.1) is 0 Å². The summed E-state index contributed by atoms with van der Waals surface area (Å²) in [5, 5.41) is 31.7. The lowest BCUT2D eigenvalue weighted by Crippen LogP contribution is -2.48. The van der Waals surface area contributed by atoms with E-state index in [1.807, 2.05) is 0 Å². The predicted octanol–water partition coefficient (Wildman–Crippen LogP) is 0.635. The van der Waals surface area contributed by atoms with Crippen molar-refractivity contribution < 1.29 is 24.3 Å². The molecule has 20 heavy (non-hydrogen) atoms. The maximum absolute atomic E-state index is 11.3. The number of rotatable bonds is 8. The van der Waals surface area contributed by atoms with Gasteiger partial charge in [0.05, 0.1) is 13.3 Å². The molecule has 0 aromatic heterocycles. The summed E-state index contributed by atoms with van der Waals surface area (Å²) in [6.45, 7) is 2.28. The van der Waals surface area contributed by atoms with Crippen LogP contribution in [0.1, 0.15) is 33.6 Å². The van der Waals surface area contributed by atoms with Crippen molar-refractivity contribution in [2.24, 2.45) is 0 Å². The van der Waals surface area contributed by atoms with Gasteiger partial charge in [-0.2, -0.15) is 0 Å². The molecule has 114 valence electrons. The molecule has 0 atom stereocenters. The van der Waals surface area contributed by atoms with Gasteiger partial charge in [-0.1, -0.05) is 0 Å². The van der Waals surface area contributed by atoms with Crippen molar-refractivity contribution in [2.75, 3.05) is 6.61 Å². The number of nitro groups is 3. The number of carbonyl (C=O) groups excluding carboxylic acids is 1. The Labute approximate surface area is 113 Å². The Morgan fingerprint density at radius 3 is 1.80 bits per heavy atom. The lowest BCUT2D eigenvalue weighted by atomic mass is 10.00. The van der Waals surface area contributed by atoms with E-state index >= 15 is 0 Å². The fourth-order valence-electron chi connectivity index (χ4n) is 0.961. The van der Waals surface area contributed by atoms with Crippen molar-refractivity contribution in [1.82, 2.24) is 0 Å². The molecule has 0 rings (SSSR count). The average molecular weight is 293 g/mol. The number of hydrogen-bond acceptors (Lipinski definition) is 8. The molecule has 0 amide bonds. The largest absolute Gasteiger partial charge is 0.488 e. The van der Waals surface area contributed by atoms with Crippen molar-refractivity contribution in [3.8, 4) is 0 Å². The third-order valence-corrected chi connectivity index (χ3v) is 2.73. The molecule has 0 N–H and O–H groups in total. The molecule has 0 radical (unpaired) electrons. The molecule has 0 aliphatic rings. The molecule has 11 nitrogen and oxygen atoms in total. The van der Waals surface area contributed by atoms with Crippen LogP contribution in [-0.2, 0) is 9.53 Å². The lowest BCUT2D eigenvalue weighted by Gasteiger charge is -2.15. The summed E-state index contributed by atoms with van der Waals surface area (Å²) in [5.41, 5.74) is -3.98. The second-order valence-corrected chi connectivity index (χ2v) is 4.96. The van der Waals surface area contributed by atoms with Crippen molar-refractivity contribution in [3.05, 3.63) is 30.3 Å². The molecule has 0 saturated carbocycles. The topological polar surface area (TPSA) is 156 Å². The number of esters is 1. The zero-order valence-electron chi connectivity index (χ0n) is 11.2. The van der Waals surface area contributed by atoms with Gasteiger partial charge in [-0.3, -0.25) is 35.1 Å². The summed E-state index contributed by atoms with van der Waals surface area (Å²) in [7, 11) is 0. The number of carbonyl (C=O) groups is 1. The standard InChI is InChI=1S/C9H15N3O8/c1-8(2,10(14)15)5-4-7(13)20-6-9(3,11(16)17)12(18)19/h4-6H2,1-3H3. The van der Waals surface area contributed by atoms with Crippen LogP contribution in [-0.4, -0.2) is 38.5 Å². The van der Waals surface area contributed by atoms with Crippen LogP contribution in [0.4, 0.5) is 0 Å². The molecule has 0 aromatic carbocycles. The smallest absolute Gasteiger partial charge is 0.450 e. The first kappa shape index (κ1) is 17.7. The molecule has 0 aromatic rings. The Morgan fingerprint density at radius 2 is 1.45 bits per heavy atom. The van der Waals surface area contributed by atoms with E-state index < -0.39 is 38.5 Å². The van der Waals surface area contributed by atoms with Crippen LogP contribution >= 0.6 is 0 Å². The van der Waals surface area contributed by atoms with Crippen molar-refractivity contribution in [3.63, 3.8) is 0 Å². The Hall–Kier alpha value is -2.33. The summed E-state index contributed by atoms with van der Waals surface area (Å²) in [4.78, 5) is 40.1. The van der Waals surface area contributed by atoms with Gasteiger partial charge in [-0.05, 0) is 0 Å². The Morgan fingerprint density at radius 1 is 1.00 bits per heavy atom. The van der Waals surface area contributed by atoms with E-state index in [4.69, 9.17) is 0 Å². The molecular formula is C9H15N3O8. The minimum Gasteiger partial charge on any atom is -0.450 e. The van der Waals surface area contributed by atoms with E-state index in [1.54, 1.807) is 0 Å². The van der Waals surface area contributed by atoms with Crippen LogP contribution in [0.5, 0.6) is 0 Å². The van der Waals surface area contributed by atoms with Gasteiger partial charge in [-0.25, -0.2) is 0 Å². The Kier molecular flexibility index (Phi) is 5.49. The van der Waals surface area contributed by atoms with Crippen LogP contribution in [0, 0.1) is 30.3 Å². The van der Waals surface area contributed by atoms with Crippen LogP contribution in [0.2, 0.25) is 0 Å². The summed E-state index contributed by atoms with van der Waals surface area (Å²) in [6, 6.07) is 0. The highest BCUT2D eigenvalue weighted by Crippen LogP contribution is 2.17. The normalized spacial score (nSPS) is 11.8. The van der Waals surface area contributed by atoms with E-state index in [0.717, 1.165) is 0 Å². The molecule has 0 fully saturated rings. The van der Waals surface area contributed by atoms with Crippen molar-refractivity contribution in [2.45, 2.75) is 44.8 Å². The lowest BCUT2D eigenvalue weighted by molar-refractivity contribution is -0.793. The maximum atomic E-state index is 11.3. The Bertz CT molecular complexity index is 419. The van der Waals surface area contributed by atoms with E-state index in [2.05, 4.69) is 4.74 Å². The first-order valence-corrected chi connectivity index (χ1v) is 5.52. The zero-order chi connectivity index (χ0) is 16.1. The quantitative estimate of drug-likeness (QED) is 0.273. The van der Waals surface area contributed by atoms with Crippen molar-refractivity contribution in [1.29, 1.82) is 0 Å². The maximum Gasteiger partial charge on any atom is 0.488 e. The minimum atomic E-state index is -2.63. The molecule has 0 saturated heterocycles. The van der Waals surface area contributed by atoms with Crippen LogP contribution in [0.15, 0.2) is 0 Å². The third kappa shape index (κ3) is 4.40. The summed E-state index contributed by atoms with van der Waals surface area (Å²) >= 11 is 0. The monoisotopic (exact) mass is 293 g/mol. The van der Waals surface area contributed by atoms with Crippen molar-refractivity contribution >= 4 is 5.97 Å². The fraction of sp³-hybridized carbons (Fsp3) is 0.889. The van der Waals surface area contributed by atoms with Crippen LogP contribution < -0.4 is 0 Å². The van der Waals surface area contributed by atoms with E-state index in [0.29, 0.717) is 6.92 Å². The second kappa shape index (κ2) is 6.21. The second-order valence-electron chi connectivity index (χ2n) is 4.96. The minimum absolute atomic E-state index is 0.146. The number of ether oxygens (including phenoxy) is 1. The number of nitrogens with zero attached hydrogens (tertiary/aromatic N) is 3. The van der Waals surface area contributed by atoms with E-state index in [1.165, 1.54) is 13.8 Å². The average Bonchev–Trinajstić information content (AvgIpc) is 2.32. The highest BCUT2D eigenvalue weighted by atomic mass is 16.7. The van der Waals surface area contributed by atoms with Crippen LogP contribution in [0.25, 0.3) is 0 Å². The van der Waals surface area contributed by atoms with E-state index in [-0.39, 0.29) is 12.8 Å². The molecule has 0 bridgehead atoms. The van der Waals surface area contributed by atoms with Crippen LogP contribution in [0.3, 0.4) is 0 Å². The summed E-state index contributed by atoms with van der Waals surface area (Å²) < 4.78 is 4.46. The fourth-order valence-corrected chi connectivity index (χ4v) is 0.961. The van der Waals surface area contributed by atoms with Gasteiger partial charge in [0.1, 0.15) is 9.85 Å². The van der Waals surface area contributed by atoms with E-state index in [9.17, 15) is 35.1 Å². The van der Waals surface area contributed by atoms with Gasteiger partial charge < -0.3 is 4.74 Å².